The van der Waals surface area contributed by atoms with E-state index in [0.29, 0.717) is 86.8 Å². The Hall–Kier alpha value is -13.3. The van der Waals surface area contributed by atoms with E-state index in [9.17, 15) is 32.7 Å². The van der Waals surface area contributed by atoms with Crippen LogP contribution in [-0.2, 0) is 42.0 Å². The van der Waals surface area contributed by atoms with Gasteiger partial charge < -0.3 is 54.8 Å². The first kappa shape index (κ1) is 84.6. The number of hydrogen-bond acceptors (Lipinski definition) is 16. The number of nitrogens with zero attached hydrogens (tertiary/aromatic N) is 8. The lowest BCUT2D eigenvalue weighted by molar-refractivity contribution is -0.117. The molecule has 0 saturated carbocycles. The van der Waals surface area contributed by atoms with Crippen molar-refractivity contribution in [1.82, 2.24) is 28.9 Å². The molecule has 13 aromatic rings. The number of aryl methyl sites for hydroxylation is 4. The summed E-state index contributed by atoms with van der Waals surface area (Å²) in [7, 11) is 11.8. The summed E-state index contributed by atoms with van der Waals surface area (Å²) in [5.74, 6) is 2.73. The van der Waals surface area contributed by atoms with Gasteiger partial charge in [0.25, 0.3) is 10.0 Å². The lowest BCUT2D eigenvalue weighted by atomic mass is 9.99. The molecule has 21 nitrogen and oxygen atoms in total. The number of aromatic nitrogens is 6. The van der Waals surface area contributed by atoms with E-state index >= 15 is 0 Å². The molecule has 2 amide bonds. The molecule has 0 aliphatic heterocycles. The fourth-order valence-electron chi connectivity index (χ4n) is 13.9. The monoisotopic (exact) mass is 1590 g/mol. The molecule has 5 N–H and O–H groups in total. The maximum Gasteiger partial charge on any atom is 0.270 e. The molecule has 0 aliphatic carbocycles. The number of H-pyrrole nitrogens is 2. The van der Waals surface area contributed by atoms with Crippen molar-refractivity contribution in [2.75, 3.05) is 99.8 Å². The van der Waals surface area contributed by atoms with Gasteiger partial charge in [-0.15, -0.1) is 0 Å². The molecule has 22 heteroatoms. The number of aromatic amines is 2. The molecule has 10 aromatic carbocycles. The smallest absolute Gasteiger partial charge is 0.270 e. The Bertz CT molecular complexity index is 5740. The third kappa shape index (κ3) is 20.1. The van der Waals surface area contributed by atoms with Gasteiger partial charge in [0.2, 0.25) is 11.8 Å². The number of hydrogen-bond donors (Lipinski definition) is 5. The molecule has 0 fully saturated rings. The van der Waals surface area contributed by atoms with E-state index in [1.165, 1.54) is 31.7 Å². The first-order chi connectivity index (χ1) is 55.8. The Morgan fingerprint density at radius 2 is 0.880 bits per heavy atom. The van der Waals surface area contributed by atoms with Crippen LogP contribution in [0.15, 0.2) is 217 Å². The van der Waals surface area contributed by atoms with Crippen molar-refractivity contribution in [2.24, 2.45) is 0 Å². The minimum Gasteiger partial charge on any atom is -0.507 e. The van der Waals surface area contributed by atoms with Crippen LogP contribution in [0.25, 0.3) is 102 Å². The summed E-state index contributed by atoms with van der Waals surface area (Å²) >= 11 is 0. The molecule has 0 bridgehead atoms. The van der Waals surface area contributed by atoms with Gasteiger partial charge >= 0.3 is 0 Å². The van der Waals surface area contributed by atoms with Crippen LogP contribution in [-0.4, -0.2) is 135 Å². The highest BCUT2D eigenvalue weighted by molar-refractivity contribution is 7.90. The Labute approximate surface area is 686 Å². The zero-order chi connectivity index (χ0) is 84.3. The molecular weight excluding hydrogens is 1490 g/mol. The van der Waals surface area contributed by atoms with E-state index in [-0.39, 0.29) is 52.7 Å². The van der Waals surface area contributed by atoms with Gasteiger partial charge in [0, 0.05) is 156 Å². The zero-order valence-electron chi connectivity index (χ0n) is 69.7. The molecule has 0 spiro atoms. The summed E-state index contributed by atoms with van der Waals surface area (Å²) in [5, 5.41) is 16.7. The SMILES string of the molecule is CC(=O)Nc1cc(N(C)C)ccc1-c1[nH]c(-c2cc(C)c(NC(C)=O)c(C)c2)nc1-c1ccc(N(C)C)cc1.CCOc1ccc(-c2nc(-c3cc(CC(C)=O)cc(CC(C)=O)c3)n(S(=O)(=O)c3ccccc3)c2-c2ccc(OCC)cc2)cc1.Cc1cc(C)c(O)c(-c2nc(-c3ccc(N(C)C)cc3)c(-c3ccc(N(C)C)cc3)[nH]2)c1. The average Bonchev–Trinajstić information content (AvgIpc) is 1.59. The Morgan fingerprint density at radius 3 is 1.36 bits per heavy atom. The molecule has 0 aliphatic rings. The molecule has 0 radical (unpaired) electrons. The van der Waals surface area contributed by atoms with E-state index in [4.69, 9.17) is 24.4 Å². The first-order valence-corrected chi connectivity index (χ1v) is 40.1. The minimum atomic E-state index is -4.23. The van der Waals surface area contributed by atoms with Crippen LogP contribution < -0.4 is 39.7 Å². The van der Waals surface area contributed by atoms with Gasteiger partial charge in [0.1, 0.15) is 40.5 Å². The van der Waals surface area contributed by atoms with Crippen LogP contribution in [0.1, 0.15) is 74.9 Å². The van der Waals surface area contributed by atoms with Gasteiger partial charge in [0.15, 0.2) is 5.82 Å². The fourth-order valence-corrected chi connectivity index (χ4v) is 15.4. The van der Waals surface area contributed by atoms with E-state index in [1.54, 1.807) is 54.6 Å². The molecule has 0 unspecified atom stereocenters. The van der Waals surface area contributed by atoms with Crippen LogP contribution in [0.3, 0.4) is 0 Å². The van der Waals surface area contributed by atoms with Crippen LogP contribution in [0.5, 0.6) is 17.2 Å². The number of ether oxygens (including phenoxy) is 2. The number of ketones is 2. The molecule has 0 atom stereocenters. The number of amides is 2. The summed E-state index contributed by atoms with van der Waals surface area (Å²) in [6, 6.07) is 67.1. The number of carbonyl (C=O) groups is 4. The van der Waals surface area contributed by atoms with E-state index in [2.05, 4.69) is 108 Å². The summed E-state index contributed by atoms with van der Waals surface area (Å²) in [6.07, 6.45) is 0.255. The molecule has 0 saturated heterocycles. The number of benzene rings is 10. The number of phenolic OH excluding ortho intramolecular Hbond substituents is 1. The topological polar surface area (TPSA) is 253 Å². The van der Waals surface area contributed by atoms with Crippen molar-refractivity contribution in [2.45, 2.75) is 87.0 Å². The molecule has 602 valence electrons. The van der Waals surface area contributed by atoms with Gasteiger partial charge in [-0.2, -0.15) is 0 Å². The third-order valence-corrected chi connectivity index (χ3v) is 21.2. The number of phenols is 1. The summed E-state index contributed by atoms with van der Waals surface area (Å²) in [6.45, 7) is 18.7. The van der Waals surface area contributed by atoms with Crippen molar-refractivity contribution in [1.29, 1.82) is 0 Å². The van der Waals surface area contributed by atoms with Crippen LogP contribution in [0.2, 0.25) is 0 Å². The van der Waals surface area contributed by atoms with E-state index in [1.807, 2.05) is 188 Å². The van der Waals surface area contributed by atoms with Crippen LogP contribution >= 0.6 is 0 Å². The van der Waals surface area contributed by atoms with Crippen LogP contribution in [0, 0.1) is 27.7 Å². The first-order valence-electron chi connectivity index (χ1n) is 38.6. The van der Waals surface area contributed by atoms with Gasteiger partial charge in [-0.05, 0) is 234 Å². The maximum atomic E-state index is 14.7. The van der Waals surface area contributed by atoms with E-state index < -0.39 is 10.0 Å². The number of aromatic hydroxyl groups is 1. The average molecular weight is 1590 g/mol. The van der Waals surface area contributed by atoms with Crippen molar-refractivity contribution in [3.05, 3.63) is 246 Å². The standard InChI is InChI=1S/C37H36N2O6S.C31H36N6O2.C27H30N4O/c1-5-44-32-16-12-29(13-17-32)35-36(30-14-18-33(19-15-30)45-6-2)39(46(42,43)34-10-8-7-9-11-34)37(38-35)31-23-27(20-25(3)40)22-28(24-31)21-26(4)41;1-18-15-23(16-19(2)28(18)33-21(4)39)31-34-29(22-9-11-24(12-10-22)36(5)6)30(35-31)26-14-13-25(37(7)8)17-27(26)32-20(3)38;1-17-15-18(2)26(32)23(16-17)27-28-24(19-7-11-21(12-8-19)30(3)4)25(29-27)20-9-13-22(14-10-20)31(5)6/h7-19,22-24H,5-6,20-21H2,1-4H3;9-17H,1-8H3,(H,32,38)(H,33,39)(H,34,35);7-16,32H,1-6H3,(H,28,29). The second kappa shape index (κ2) is 36.9. The van der Waals surface area contributed by atoms with Gasteiger partial charge in [-0.25, -0.2) is 27.3 Å². The quantitative estimate of drug-likeness (QED) is 0.0357. The molecule has 3 aromatic heterocycles. The van der Waals surface area contributed by atoms with Crippen molar-refractivity contribution < 1.29 is 42.2 Å². The number of nitrogens with one attached hydrogen (secondary N) is 4. The lowest BCUT2D eigenvalue weighted by Gasteiger charge is -2.17. The molecule has 117 heavy (non-hydrogen) atoms. The largest absolute Gasteiger partial charge is 0.507 e. The third-order valence-electron chi connectivity index (χ3n) is 19.5. The Morgan fingerprint density at radius 1 is 0.436 bits per heavy atom. The number of carbonyl (C=O) groups excluding carboxylic acids is 4. The second-order valence-electron chi connectivity index (χ2n) is 29.8. The number of imidazole rings is 3. The van der Waals surface area contributed by atoms with Crippen molar-refractivity contribution in [3.8, 4) is 119 Å². The Kier molecular flexibility index (Phi) is 26.6. The normalized spacial score (nSPS) is 11.0. The molecular formula is C95H102N12O9S. The van der Waals surface area contributed by atoms with Crippen molar-refractivity contribution in [3.63, 3.8) is 0 Å². The van der Waals surface area contributed by atoms with E-state index in [0.717, 1.165) is 101 Å². The lowest BCUT2D eigenvalue weighted by Crippen LogP contribution is -2.16. The van der Waals surface area contributed by atoms with Gasteiger partial charge in [-0.1, -0.05) is 66.7 Å². The highest BCUT2D eigenvalue weighted by Gasteiger charge is 2.32. The van der Waals surface area contributed by atoms with Crippen molar-refractivity contribution >= 4 is 67.5 Å². The number of Topliss-reactive ketones (excluding diaryl/α,β-unsaturated/α-hetero) is 2. The van der Waals surface area contributed by atoms with Crippen LogP contribution in [0.4, 0.5) is 34.1 Å². The predicted octanol–water partition coefficient (Wildman–Crippen LogP) is 19.1. The molecule has 13 rings (SSSR count). The molecule has 3 heterocycles. The number of anilines is 6. The second-order valence-corrected chi connectivity index (χ2v) is 31.6. The Balaban J connectivity index is 0.000000175. The maximum absolute atomic E-state index is 14.7. The predicted molar refractivity (Wildman–Crippen MR) is 475 cm³/mol. The zero-order valence-corrected chi connectivity index (χ0v) is 70.6. The fraction of sp³-hybridized carbons (Fsp3) is 0.232. The van der Waals surface area contributed by atoms with Gasteiger partial charge in [0.05, 0.1) is 63.5 Å². The number of rotatable bonds is 25. The summed E-state index contributed by atoms with van der Waals surface area (Å²) in [4.78, 5) is 78.6. The summed E-state index contributed by atoms with van der Waals surface area (Å²) in [5.41, 5.74) is 22.4. The highest BCUT2D eigenvalue weighted by atomic mass is 32.2. The van der Waals surface area contributed by atoms with Gasteiger partial charge in [-0.3, -0.25) is 19.2 Å². The minimum absolute atomic E-state index is 0.0590. The summed E-state index contributed by atoms with van der Waals surface area (Å²) < 4.78 is 41.9. The highest BCUT2D eigenvalue weighted by Crippen LogP contribution is 2.44.